The van der Waals surface area contributed by atoms with Gasteiger partial charge in [0.25, 0.3) is 0 Å². The summed E-state index contributed by atoms with van der Waals surface area (Å²) in [7, 11) is 0. The molecule has 0 bridgehead atoms. The molecule has 1 heterocycles. The maximum Gasteiger partial charge on any atom is 0.338 e. The number of rotatable bonds is 9. The number of benzene rings is 2. The number of amides is 3. The molecule has 0 aliphatic carbocycles. The fraction of sp³-hybridized carbons (Fsp3) is 0.370. The highest BCUT2D eigenvalue weighted by Crippen LogP contribution is 2.37. The van der Waals surface area contributed by atoms with Crippen molar-refractivity contribution in [1.29, 1.82) is 0 Å². The van der Waals surface area contributed by atoms with Gasteiger partial charge in [-0.1, -0.05) is 49.4 Å². The summed E-state index contributed by atoms with van der Waals surface area (Å²) >= 11 is 5.91. The number of carbonyl (C=O) groups excluding carboxylic acids is 3. The van der Waals surface area contributed by atoms with E-state index >= 15 is 0 Å². The summed E-state index contributed by atoms with van der Waals surface area (Å²) in [6.45, 7) is 7.92. The molecule has 186 valence electrons. The maximum atomic E-state index is 13.3. The Kier molecular flexibility index (Phi) is 8.57. The number of halogens is 1. The summed E-state index contributed by atoms with van der Waals surface area (Å²) in [5.74, 6) is -0.492. The lowest BCUT2D eigenvalue weighted by Gasteiger charge is -2.36. The first-order valence-electron chi connectivity index (χ1n) is 11.8. The van der Waals surface area contributed by atoms with E-state index in [1.54, 1.807) is 49.9 Å². The Hall–Kier alpha value is -3.32. The lowest BCUT2D eigenvalue weighted by Crippen LogP contribution is -2.48. The molecule has 2 aromatic rings. The highest BCUT2D eigenvalue weighted by Gasteiger charge is 2.38. The number of alkyl halides is 1. The van der Waals surface area contributed by atoms with Crippen molar-refractivity contribution in [1.82, 2.24) is 10.2 Å². The number of urea groups is 1. The van der Waals surface area contributed by atoms with E-state index < -0.39 is 17.4 Å². The third kappa shape index (κ3) is 5.85. The summed E-state index contributed by atoms with van der Waals surface area (Å²) in [5, 5.41) is 5.84. The van der Waals surface area contributed by atoms with Gasteiger partial charge in [0, 0.05) is 18.1 Å². The van der Waals surface area contributed by atoms with Gasteiger partial charge in [-0.15, -0.1) is 11.6 Å². The molecule has 0 aromatic heterocycles. The fourth-order valence-corrected chi connectivity index (χ4v) is 3.92. The van der Waals surface area contributed by atoms with E-state index in [1.165, 1.54) is 0 Å². The van der Waals surface area contributed by atoms with Crippen molar-refractivity contribution in [3.8, 4) is 0 Å². The Morgan fingerprint density at radius 3 is 2.31 bits per heavy atom. The summed E-state index contributed by atoms with van der Waals surface area (Å²) < 4.78 is 5.43. The first-order chi connectivity index (χ1) is 16.7. The molecule has 0 saturated carbocycles. The van der Waals surface area contributed by atoms with Crippen LogP contribution >= 0.6 is 11.6 Å². The predicted molar refractivity (Wildman–Crippen MR) is 138 cm³/mol. The van der Waals surface area contributed by atoms with E-state index in [0.29, 0.717) is 29.1 Å². The number of nitrogens with one attached hydrogen (secondary N) is 2. The molecule has 0 saturated heterocycles. The van der Waals surface area contributed by atoms with E-state index in [4.69, 9.17) is 16.3 Å². The number of nitrogens with zero attached hydrogens (tertiary/aromatic N) is 1. The van der Waals surface area contributed by atoms with E-state index in [2.05, 4.69) is 10.6 Å². The van der Waals surface area contributed by atoms with Crippen molar-refractivity contribution in [2.24, 2.45) is 5.41 Å². The first kappa shape index (κ1) is 26.3. The molecule has 1 aliphatic heterocycles. The van der Waals surface area contributed by atoms with Crippen molar-refractivity contribution in [2.45, 2.75) is 40.2 Å². The summed E-state index contributed by atoms with van der Waals surface area (Å²) in [4.78, 5) is 40.5. The molecule has 3 amide bonds. The molecular formula is C27H32ClN3O4. The topological polar surface area (TPSA) is 87.7 Å². The van der Waals surface area contributed by atoms with Crippen LogP contribution < -0.4 is 10.6 Å². The fourth-order valence-electron chi connectivity index (χ4n) is 3.79. The quantitative estimate of drug-likeness (QED) is 0.361. The minimum absolute atomic E-state index is 0.190. The first-order valence-corrected chi connectivity index (χ1v) is 12.3. The van der Waals surface area contributed by atoms with Crippen molar-refractivity contribution < 1.29 is 19.1 Å². The van der Waals surface area contributed by atoms with Gasteiger partial charge in [0.05, 0.1) is 29.3 Å². The second kappa shape index (κ2) is 11.4. The standard InChI is InChI=1S/C27H32ClN3O4/c1-5-16-31-23(19-10-8-7-9-11-19)21(24(32)35-6-2)22(30-26(31)34)18-12-14-20(15-13-18)29-25(33)27(3,4)17-28/h7-15,22H,5-6,16-17H2,1-4H3,(H,29,33)(H,30,34). The summed E-state index contributed by atoms with van der Waals surface area (Å²) in [6, 6.07) is 15.4. The van der Waals surface area contributed by atoms with Crippen LogP contribution in [0, 0.1) is 5.41 Å². The molecule has 35 heavy (non-hydrogen) atoms. The lowest BCUT2D eigenvalue weighted by molar-refractivity contribution is -0.139. The van der Waals surface area contributed by atoms with Gasteiger partial charge in [0.2, 0.25) is 5.91 Å². The van der Waals surface area contributed by atoms with Crippen LogP contribution in [0.4, 0.5) is 10.5 Å². The van der Waals surface area contributed by atoms with Crippen LogP contribution in [0.25, 0.3) is 5.70 Å². The lowest BCUT2D eigenvalue weighted by atomic mass is 9.91. The third-order valence-electron chi connectivity index (χ3n) is 5.77. The molecule has 7 nitrogen and oxygen atoms in total. The highest BCUT2D eigenvalue weighted by molar-refractivity contribution is 6.20. The van der Waals surface area contributed by atoms with Gasteiger partial charge in [-0.25, -0.2) is 9.59 Å². The number of esters is 1. The number of carbonyl (C=O) groups is 3. The zero-order chi connectivity index (χ0) is 25.6. The minimum atomic E-state index is -0.718. The van der Waals surface area contributed by atoms with Crippen LogP contribution in [0.2, 0.25) is 0 Å². The third-order valence-corrected chi connectivity index (χ3v) is 6.44. The second-order valence-corrected chi connectivity index (χ2v) is 9.24. The van der Waals surface area contributed by atoms with Gasteiger partial charge in [-0.05, 0) is 50.5 Å². The zero-order valence-electron chi connectivity index (χ0n) is 20.6. The SMILES string of the molecule is CCCN1C(=O)NC(c2ccc(NC(=O)C(C)(C)CCl)cc2)C(C(=O)OCC)=C1c1ccccc1. The van der Waals surface area contributed by atoms with Crippen LogP contribution in [0.3, 0.4) is 0 Å². The molecule has 1 unspecified atom stereocenters. The number of hydrogen-bond donors (Lipinski definition) is 2. The highest BCUT2D eigenvalue weighted by atomic mass is 35.5. The monoisotopic (exact) mass is 497 g/mol. The molecule has 0 radical (unpaired) electrons. The Balaban J connectivity index is 2.07. The molecular weight excluding hydrogens is 466 g/mol. The van der Waals surface area contributed by atoms with Gasteiger partial charge >= 0.3 is 12.0 Å². The number of hydrogen-bond acceptors (Lipinski definition) is 4. The average molecular weight is 498 g/mol. The maximum absolute atomic E-state index is 13.3. The van der Waals surface area contributed by atoms with E-state index in [1.807, 2.05) is 37.3 Å². The van der Waals surface area contributed by atoms with Crippen LogP contribution in [-0.4, -0.2) is 41.8 Å². The largest absolute Gasteiger partial charge is 0.463 e. The summed E-state index contributed by atoms with van der Waals surface area (Å²) in [6.07, 6.45) is 0.720. The molecule has 8 heteroatoms. The number of ether oxygens (including phenoxy) is 1. The Morgan fingerprint density at radius 1 is 1.09 bits per heavy atom. The van der Waals surface area contributed by atoms with Crippen LogP contribution in [-0.2, 0) is 14.3 Å². The molecule has 3 rings (SSSR count). The Morgan fingerprint density at radius 2 is 1.74 bits per heavy atom. The van der Waals surface area contributed by atoms with Gasteiger partial charge < -0.3 is 15.4 Å². The van der Waals surface area contributed by atoms with Crippen LogP contribution in [0.5, 0.6) is 0 Å². The second-order valence-electron chi connectivity index (χ2n) is 8.98. The normalized spacial score (nSPS) is 16.1. The van der Waals surface area contributed by atoms with E-state index in [9.17, 15) is 14.4 Å². The van der Waals surface area contributed by atoms with Crippen LogP contribution in [0.1, 0.15) is 51.3 Å². The van der Waals surface area contributed by atoms with Crippen molar-refractivity contribution in [2.75, 3.05) is 24.3 Å². The minimum Gasteiger partial charge on any atom is -0.463 e. The predicted octanol–water partition coefficient (Wildman–Crippen LogP) is 5.34. The van der Waals surface area contributed by atoms with Gasteiger partial charge in [0.15, 0.2) is 0 Å². The number of anilines is 1. The van der Waals surface area contributed by atoms with Crippen molar-refractivity contribution >= 4 is 40.9 Å². The van der Waals surface area contributed by atoms with Gasteiger partial charge in [-0.3, -0.25) is 9.69 Å². The van der Waals surface area contributed by atoms with E-state index in [-0.39, 0.29) is 24.4 Å². The molecule has 2 aromatic carbocycles. The van der Waals surface area contributed by atoms with E-state index in [0.717, 1.165) is 12.0 Å². The summed E-state index contributed by atoms with van der Waals surface area (Å²) in [5.41, 5.74) is 2.24. The molecule has 2 N–H and O–H groups in total. The molecule has 1 atom stereocenters. The molecule has 0 fully saturated rings. The Bertz CT molecular complexity index is 1100. The van der Waals surface area contributed by atoms with Gasteiger partial charge in [0.1, 0.15) is 0 Å². The van der Waals surface area contributed by atoms with Crippen LogP contribution in [0.15, 0.2) is 60.2 Å². The van der Waals surface area contributed by atoms with Crippen molar-refractivity contribution in [3.63, 3.8) is 0 Å². The average Bonchev–Trinajstić information content (AvgIpc) is 2.86. The smallest absolute Gasteiger partial charge is 0.338 e. The van der Waals surface area contributed by atoms with Gasteiger partial charge in [-0.2, -0.15) is 0 Å². The zero-order valence-corrected chi connectivity index (χ0v) is 21.3. The Labute approximate surface area is 211 Å². The van der Waals surface area contributed by atoms with Crippen molar-refractivity contribution in [3.05, 3.63) is 71.3 Å². The molecule has 0 spiro atoms. The molecule has 1 aliphatic rings.